The standard InChI is InChI=1S/C4H5NS.Na.H/c1-4-5-2-3-6-4;;/h2-3H,1H3;;/q;+1;-1. The number of aromatic nitrogens is 1. The summed E-state index contributed by atoms with van der Waals surface area (Å²) in [6.07, 6.45) is 1.81. The van der Waals surface area contributed by atoms with Crippen LogP contribution >= 0.6 is 11.3 Å². The maximum atomic E-state index is 3.94. The Kier molecular flexibility index (Phi) is 3.93. The van der Waals surface area contributed by atoms with Crippen molar-refractivity contribution in [3.05, 3.63) is 16.6 Å². The first-order chi connectivity index (χ1) is 2.89. The van der Waals surface area contributed by atoms with Gasteiger partial charge in [-0.15, -0.1) is 11.3 Å². The zero-order chi connectivity index (χ0) is 4.41. The molecule has 0 radical (unpaired) electrons. The molecule has 3 heteroatoms. The summed E-state index contributed by atoms with van der Waals surface area (Å²) in [4.78, 5) is 3.94. The first kappa shape index (κ1) is 7.63. The first-order valence-electron chi connectivity index (χ1n) is 1.75. The van der Waals surface area contributed by atoms with E-state index in [9.17, 15) is 0 Å². The van der Waals surface area contributed by atoms with Crippen LogP contribution in [0.5, 0.6) is 0 Å². The van der Waals surface area contributed by atoms with Crippen molar-refractivity contribution < 1.29 is 31.0 Å². The maximum absolute atomic E-state index is 3.94. The van der Waals surface area contributed by atoms with Crippen molar-refractivity contribution in [2.75, 3.05) is 0 Å². The summed E-state index contributed by atoms with van der Waals surface area (Å²) < 4.78 is 0. The van der Waals surface area contributed by atoms with Crippen LogP contribution in [0.25, 0.3) is 0 Å². The van der Waals surface area contributed by atoms with E-state index >= 15 is 0 Å². The molecule has 34 valence electrons. The van der Waals surface area contributed by atoms with Crippen molar-refractivity contribution in [1.29, 1.82) is 0 Å². The van der Waals surface area contributed by atoms with Gasteiger partial charge in [0.15, 0.2) is 0 Å². The van der Waals surface area contributed by atoms with Crippen LogP contribution in [-0.4, -0.2) is 4.98 Å². The summed E-state index contributed by atoms with van der Waals surface area (Å²) in [6, 6.07) is 0. The van der Waals surface area contributed by atoms with Gasteiger partial charge in [-0.2, -0.15) is 0 Å². The van der Waals surface area contributed by atoms with Crippen LogP contribution in [0, 0.1) is 6.92 Å². The van der Waals surface area contributed by atoms with Crippen LogP contribution in [0.4, 0.5) is 0 Å². The van der Waals surface area contributed by atoms with E-state index in [1.165, 1.54) is 0 Å². The van der Waals surface area contributed by atoms with Crippen LogP contribution in [0.2, 0.25) is 0 Å². The number of hydrogen-bond donors (Lipinski definition) is 0. The van der Waals surface area contributed by atoms with Gasteiger partial charge in [0, 0.05) is 11.6 Å². The average molecular weight is 123 g/mol. The van der Waals surface area contributed by atoms with Crippen molar-refractivity contribution in [1.82, 2.24) is 4.98 Å². The second-order valence-corrected chi connectivity index (χ2v) is 2.15. The van der Waals surface area contributed by atoms with E-state index in [1.54, 1.807) is 17.5 Å². The van der Waals surface area contributed by atoms with Gasteiger partial charge >= 0.3 is 29.6 Å². The molecule has 0 spiro atoms. The van der Waals surface area contributed by atoms with Gasteiger partial charge in [0.2, 0.25) is 0 Å². The minimum absolute atomic E-state index is 0. The molecule has 0 aliphatic carbocycles. The normalized spacial score (nSPS) is 7.57. The molecule has 1 heterocycles. The van der Waals surface area contributed by atoms with E-state index in [0.29, 0.717) is 0 Å². The molecule has 0 aliphatic rings. The predicted octanol–water partition coefficient (Wildman–Crippen LogP) is -1.43. The number of thiazole rings is 1. The van der Waals surface area contributed by atoms with Gasteiger partial charge in [-0.25, -0.2) is 0 Å². The molecule has 0 saturated heterocycles. The summed E-state index contributed by atoms with van der Waals surface area (Å²) in [5.74, 6) is 0. The minimum Gasteiger partial charge on any atom is -1.00 e. The monoisotopic (exact) mass is 123 g/mol. The molecular formula is C4H6NNaS. The minimum atomic E-state index is 0. The molecule has 0 aliphatic heterocycles. The second-order valence-electron chi connectivity index (χ2n) is 1.05. The first-order valence-corrected chi connectivity index (χ1v) is 2.63. The molecule has 0 amide bonds. The summed E-state index contributed by atoms with van der Waals surface area (Å²) in [7, 11) is 0. The Morgan fingerprint density at radius 2 is 2.57 bits per heavy atom. The molecule has 1 aromatic heterocycles. The topological polar surface area (TPSA) is 12.9 Å². The van der Waals surface area contributed by atoms with Gasteiger partial charge in [-0.05, 0) is 6.92 Å². The Morgan fingerprint density at radius 1 is 1.86 bits per heavy atom. The summed E-state index contributed by atoms with van der Waals surface area (Å²) in [6.45, 7) is 1.99. The van der Waals surface area contributed by atoms with Crippen LogP contribution in [-0.2, 0) is 0 Å². The van der Waals surface area contributed by atoms with E-state index in [2.05, 4.69) is 4.98 Å². The molecule has 0 N–H and O–H groups in total. The van der Waals surface area contributed by atoms with Crippen LogP contribution in [0.3, 0.4) is 0 Å². The van der Waals surface area contributed by atoms with E-state index in [-0.39, 0.29) is 31.0 Å². The fourth-order valence-electron chi connectivity index (χ4n) is 0.295. The molecule has 0 atom stereocenters. The fourth-order valence-corrected chi connectivity index (χ4v) is 0.735. The van der Waals surface area contributed by atoms with Crippen LogP contribution in [0.15, 0.2) is 11.6 Å². The molecule has 0 aromatic carbocycles. The van der Waals surface area contributed by atoms with Gasteiger partial charge < -0.3 is 1.43 Å². The zero-order valence-electron chi connectivity index (χ0n) is 5.51. The second kappa shape index (κ2) is 3.61. The Bertz CT molecular complexity index is 120. The zero-order valence-corrected chi connectivity index (χ0v) is 7.33. The Labute approximate surface area is 70.6 Å². The van der Waals surface area contributed by atoms with Crippen LogP contribution in [0.1, 0.15) is 6.43 Å². The molecule has 0 unspecified atom stereocenters. The quantitative estimate of drug-likeness (QED) is 0.385. The van der Waals surface area contributed by atoms with Crippen molar-refractivity contribution in [3.63, 3.8) is 0 Å². The third kappa shape index (κ3) is 2.44. The number of rotatable bonds is 0. The fraction of sp³-hybridized carbons (Fsp3) is 0.250. The van der Waals surface area contributed by atoms with E-state index in [0.717, 1.165) is 5.01 Å². The molecule has 1 aromatic rings. The van der Waals surface area contributed by atoms with E-state index in [4.69, 9.17) is 0 Å². The van der Waals surface area contributed by atoms with Crippen LogP contribution < -0.4 is 29.6 Å². The number of aryl methyl sites for hydroxylation is 1. The van der Waals surface area contributed by atoms with Gasteiger partial charge in [-0.3, -0.25) is 4.98 Å². The third-order valence-corrected chi connectivity index (χ3v) is 1.26. The van der Waals surface area contributed by atoms with Crippen molar-refractivity contribution in [2.45, 2.75) is 6.92 Å². The molecule has 1 rings (SSSR count). The maximum Gasteiger partial charge on any atom is 1.00 e. The van der Waals surface area contributed by atoms with Gasteiger partial charge in [0.1, 0.15) is 0 Å². The molecule has 0 fully saturated rings. The summed E-state index contributed by atoms with van der Waals surface area (Å²) in [5, 5.41) is 3.10. The van der Waals surface area contributed by atoms with Crippen molar-refractivity contribution in [3.8, 4) is 0 Å². The van der Waals surface area contributed by atoms with E-state index in [1.807, 2.05) is 12.3 Å². The van der Waals surface area contributed by atoms with Gasteiger partial charge in [-0.1, -0.05) is 0 Å². The Hall–Kier alpha value is 0.630. The predicted molar refractivity (Wildman–Crippen MR) is 28.0 cm³/mol. The molecule has 0 bridgehead atoms. The Balaban J connectivity index is 0. The number of hydrogen-bond acceptors (Lipinski definition) is 2. The van der Waals surface area contributed by atoms with Gasteiger partial charge in [0.05, 0.1) is 5.01 Å². The number of nitrogens with zero attached hydrogens (tertiary/aromatic N) is 1. The van der Waals surface area contributed by atoms with Crippen molar-refractivity contribution >= 4 is 11.3 Å². The summed E-state index contributed by atoms with van der Waals surface area (Å²) >= 11 is 1.67. The molecule has 1 nitrogen and oxygen atoms in total. The molecule has 0 saturated carbocycles. The third-order valence-electron chi connectivity index (χ3n) is 0.556. The average Bonchev–Trinajstić information content (AvgIpc) is 1.86. The van der Waals surface area contributed by atoms with Gasteiger partial charge in [0.25, 0.3) is 0 Å². The summed E-state index contributed by atoms with van der Waals surface area (Å²) in [5.41, 5.74) is 0. The largest absolute Gasteiger partial charge is 1.00 e. The Morgan fingerprint density at radius 3 is 2.71 bits per heavy atom. The van der Waals surface area contributed by atoms with E-state index < -0.39 is 0 Å². The smallest absolute Gasteiger partial charge is 1.00 e. The molecule has 7 heavy (non-hydrogen) atoms. The SMILES string of the molecule is Cc1nccs1.[H-].[Na+]. The molecular weight excluding hydrogens is 117 g/mol. The van der Waals surface area contributed by atoms with Crippen molar-refractivity contribution in [2.24, 2.45) is 0 Å².